The van der Waals surface area contributed by atoms with Gasteiger partial charge in [-0.25, -0.2) is 4.79 Å². The molecule has 8 nitrogen and oxygen atoms in total. The molecule has 1 atom stereocenters. The third-order valence-electron chi connectivity index (χ3n) is 3.90. The minimum atomic E-state index is -0.448. The summed E-state index contributed by atoms with van der Waals surface area (Å²) < 4.78 is 11.0. The van der Waals surface area contributed by atoms with Crippen LogP contribution in [0, 0.1) is 10.1 Å². The Morgan fingerprint density at radius 3 is 2.43 bits per heavy atom. The van der Waals surface area contributed by atoms with Gasteiger partial charge < -0.3 is 19.7 Å². The van der Waals surface area contributed by atoms with E-state index in [1.807, 2.05) is 25.2 Å². The molecule has 28 heavy (non-hydrogen) atoms. The van der Waals surface area contributed by atoms with Crippen LogP contribution in [0.5, 0.6) is 11.5 Å². The first-order valence-corrected chi connectivity index (χ1v) is 8.44. The van der Waals surface area contributed by atoms with Crippen molar-refractivity contribution < 1.29 is 19.2 Å². The molecule has 0 spiro atoms. The Hall–Kier alpha value is -2.84. The number of halogens is 1. The van der Waals surface area contributed by atoms with Gasteiger partial charge in [0.05, 0.1) is 11.5 Å². The summed E-state index contributed by atoms with van der Waals surface area (Å²) in [6.07, 6.45) is 0.230. The molecule has 2 aromatic rings. The van der Waals surface area contributed by atoms with Crippen LogP contribution in [-0.2, 0) is 0 Å². The van der Waals surface area contributed by atoms with E-state index in [1.54, 1.807) is 32.3 Å². The second kappa shape index (κ2) is 11.1. The summed E-state index contributed by atoms with van der Waals surface area (Å²) in [5, 5.41) is 13.9. The molecule has 9 heteroatoms. The summed E-state index contributed by atoms with van der Waals surface area (Å²) in [6.45, 7) is 0.422. The van der Waals surface area contributed by atoms with E-state index in [1.165, 1.54) is 17.0 Å². The molecule has 0 unspecified atom stereocenters. The molecule has 1 N–H and O–H groups in total. The van der Waals surface area contributed by atoms with Crippen LogP contribution < -0.4 is 14.8 Å². The second-order valence-electron chi connectivity index (χ2n) is 6.06. The summed E-state index contributed by atoms with van der Waals surface area (Å²) in [6, 6.07) is 13.3. The molecule has 2 rings (SSSR count). The molecule has 152 valence electrons. The van der Waals surface area contributed by atoms with Gasteiger partial charge in [-0.2, -0.15) is 0 Å². The monoisotopic (exact) mass is 409 g/mol. The number of nitro benzene ring substituents is 1. The lowest BCUT2D eigenvalue weighted by atomic mass is 10.0. The number of ether oxygens (including phenoxy) is 2. The van der Waals surface area contributed by atoms with Crippen molar-refractivity contribution in [3.05, 3.63) is 64.2 Å². The standard InChI is InChI=1S/C19H23N3O5.ClH/c1-20-18(11-12-26-16-9-7-15(8-10-16)22(24)25)14-5-4-6-17(13-14)27-19(23)21(2)3;/h4-10,13,18,20H,11-12H2,1-3H3;1H/t18-;/m1./s1. The number of nitrogens with one attached hydrogen (secondary N) is 1. The number of carbonyl (C=O) groups is 1. The topological polar surface area (TPSA) is 93.9 Å². The smallest absolute Gasteiger partial charge is 0.414 e. The molecule has 1 amide bonds. The highest BCUT2D eigenvalue weighted by Crippen LogP contribution is 2.23. The van der Waals surface area contributed by atoms with Crippen molar-refractivity contribution in [2.45, 2.75) is 12.5 Å². The first kappa shape index (κ1) is 23.2. The SMILES string of the molecule is CN[C@H](CCOc1ccc([N+](=O)[O-])cc1)c1cccc(OC(=O)N(C)C)c1.Cl. The molecule has 0 aliphatic carbocycles. The summed E-state index contributed by atoms with van der Waals surface area (Å²) >= 11 is 0. The fraction of sp³-hybridized carbons (Fsp3) is 0.316. The molecular formula is C19H24ClN3O5. The van der Waals surface area contributed by atoms with Crippen LogP contribution in [0.2, 0.25) is 0 Å². The quantitative estimate of drug-likeness (QED) is 0.526. The van der Waals surface area contributed by atoms with Crippen LogP contribution in [0.25, 0.3) is 0 Å². The van der Waals surface area contributed by atoms with Crippen LogP contribution in [0.4, 0.5) is 10.5 Å². The minimum absolute atomic E-state index is 0. The van der Waals surface area contributed by atoms with Gasteiger partial charge in [0.1, 0.15) is 11.5 Å². The maximum absolute atomic E-state index is 11.7. The van der Waals surface area contributed by atoms with Crippen LogP contribution in [0.15, 0.2) is 48.5 Å². The number of hydrogen-bond acceptors (Lipinski definition) is 6. The third kappa shape index (κ3) is 6.71. The van der Waals surface area contributed by atoms with Crippen molar-refractivity contribution >= 4 is 24.2 Å². The second-order valence-corrected chi connectivity index (χ2v) is 6.06. The minimum Gasteiger partial charge on any atom is -0.494 e. The number of carbonyl (C=O) groups excluding carboxylic acids is 1. The van der Waals surface area contributed by atoms with Gasteiger partial charge in [0.25, 0.3) is 5.69 Å². The first-order chi connectivity index (χ1) is 12.9. The van der Waals surface area contributed by atoms with Crippen molar-refractivity contribution in [1.29, 1.82) is 0 Å². The molecule has 0 aromatic heterocycles. The van der Waals surface area contributed by atoms with Gasteiger partial charge in [0, 0.05) is 38.7 Å². The average molecular weight is 410 g/mol. The van der Waals surface area contributed by atoms with E-state index in [2.05, 4.69) is 5.32 Å². The van der Waals surface area contributed by atoms with Crippen molar-refractivity contribution in [3.63, 3.8) is 0 Å². The highest BCUT2D eigenvalue weighted by Gasteiger charge is 2.13. The fourth-order valence-corrected chi connectivity index (χ4v) is 2.42. The molecule has 0 radical (unpaired) electrons. The summed E-state index contributed by atoms with van der Waals surface area (Å²) in [4.78, 5) is 23.3. The Bertz CT molecular complexity index is 783. The number of benzene rings is 2. The third-order valence-corrected chi connectivity index (χ3v) is 3.90. The molecule has 0 fully saturated rings. The van der Waals surface area contributed by atoms with Gasteiger partial charge in [-0.3, -0.25) is 10.1 Å². The fourth-order valence-electron chi connectivity index (χ4n) is 2.42. The molecule has 0 heterocycles. The van der Waals surface area contributed by atoms with Crippen LogP contribution in [-0.4, -0.2) is 43.7 Å². The van der Waals surface area contributed by atoms with Gasteiger partial charge in [-0.1, -0.05) is 12.1 Å². The number of nitro groups is 1. The molecule has 0 bridgehead atoms. The Labute approximate surface area is 170 Å². The number of amides is 1. The maximum atomic E-state index is 11.7. The maximum Gasteiger partial charge on any atom is 0.414 e. The van der Waals surface area contributed by atoms with Gasteiger partial charge in [-0.15, -0.1) is 12.4 Å². The summed E-state index contributed by atoms with van der Waals surface area (Å²) in [5.74, 6) is 1.05. The van der Waals surface area contributed by atoms with E-state index in [-0.39, 0.29) is 24.1 Å². The van der Waals surface area contributed by atoms with E-state index >= 15 is 0 Å². The van der Waals surface area contributed by atoms with Gasteiger partial charge >= 0.3 is 6.09 Å². The summed E-state index contributed by atoms with van der Waals surface area (Å²) in [5.41, 5.74) is 0.994. The lowest BCUT2D eigenvalue weighted by Crippen LogP contribution is -2.25. The Kier molecular flexibility index (Phi) is 9.20. The van der Waals surface area contributed by atoms with Gasteiger partial charge in [-0.05, 0) is 36.9 Å². The van der Waals surface area contributed by atoms with Crippen LogP contribution in [0.3, 0.4) is 0 Å². The van der Waals surface area contributed by atoms with Crippen molar-refractivity contribution in [2.75, 3.05) is 27.7 Å². The summed E-state index contributed by atoms with van der Waals surface area (Å²) in [7, 11) is 5.09. The Balaban J connectivity index is 0.00000392. The lowest BCUT2D eigenvalue weighted by Gasteiger charge is -2.18. The van der Waals surface area contributed by atoms with E-state index in [0.29, 0.717) is 24.5 Å². The Morgan fingerprint density at radius 1 is 1.18 bits per heavy atom. The largest absolute Gasteiger partial charge is 0.494 e. The highest BCUT2D eigenvalue weighted by molar-refractivity contribution is 5.85. The number of non-ortho nitro benzene ring substituents is 1. The molecule has 0 aliphatic rings. The van der Waals surface area contributed by atoms with Gasteiger partial charge in [0.15, 0.2) is 0 Å². The van der Waals surface area contributed by atoms with Crippen LogP contribution >= 0.6 is 12.4 Å². The highest BCUT2D eigenvalue weighted by atomic mass is 35.5. The van der Waals surface area contributed by atoms with Crippen molar-refractivity contribution in [2.24, 2.45) is 0 Å². The van der Waals surface area contributed by atoms with E-state index in [0.717, 1.165) is 5.56 Å². The van der Waals surface area contributed by atoms with E-state index in [9.17, 15) is 14.9 Å². The zero-order chi connectivity index (χ0) is 19.8. The Morgan fingerprint density at radius 2 is 1.86 bits per heavy atom. The first-order valence-electron chi connectivity index (χ1n) is 8.44. The van der Waals surface area contributed by atoms with E-state index in [4.69, 9.17) is 9.47 Å². The normalized spacial score (nSPS) is 11.1. The number of nitrogens with zero attached hydrogens (tertiary/aromatic N) is 2. The molecule has 0 aliphatic heterocycles. The zero-order valence-corrected chi connectivity index (χ0v) is 16.8. The molecule has 0 saturated carbocycles. The molecule has 0 saturated heterocycles. The number of rotatable bonds is 8. The van der Waals surface area contributed by atoms with Crippen molar-refractivity contribution in [3.8, 4) is 11.5 Å². The zero-order valence-electron chi connectivity index (χ0n) is 16.0. The molecular weight excluding hydrogens is 386 g/mol. The lowest BCUT2D eigenvalue weighted by molar-refractivity contribution is -0.384. The predicted molar refractivity (Wildman–Crippen MR) is 108 cm³/mol. The van der Waals surface area contributed by atoms with E-state index < -0.39 is 11.0 Å². The van der Waals surface area contributed by atoms with Crippen LogP contribution in [0.1, 0.15) is 18.0 Å². The van der Waals surface area contributed by atoms with Gasteiger partial charge in [0.2, 0.25) is 0 Å². The molecule has 2 aromatic carbocycles. The average Bonchev–Trinajstić information content (AvgIpc) is 2.65. The number of hydrogen-bond donors (Lipinski definition) is 1. The predicted octanol–water partition coefficient (Wildman–Crippen LogP) is 3.81. The van der Waals surface area contributed by atoms with Crippen molar-refractivity contribution in [1.82, 2.24) is 10.2 Å².